The van der Waals surface area contributed by atoms with Crippen LogP contribution in [0.3, 0.4) is 0 Å². The SMILES string of the molecule is O=C1CCC[C@@H]([C@H](NC(=O)[C@@H]2CCOC2)C(=O)O)C1. The molecule has 2 aliphatic rings. The molecule has 1 heterocycles. The van der Waals surface area contributed by atoms with Gasteiger partial charge in [0.05, 0.1) is 12.5 Å². The number of nitrogens with one attached hydrogen (secondary N) is 1. The number of carboxylic acids is 1. The van der Waals surface area contributed by atoms with E-state index in [1.54, 1.807) is 0 Å². The van der Waals surface area contributed by atoms with Gasteiger partial charge in [-0.3, -0.25) is 9.59 Å². The fourth-order valence-electron chi connectivity index (χ4n) is 2.74. The summed E-state index contributed by atoms with van der Waals surface area (Å²) < 4.78 is 5.12. The first-order valence-electron chi connectivity index (χ1n) is 6.70. The second kappa shape index (κ2) is 6.14. The molecule has 0 aromatic carbocycles. The maximum atomic E-state index is 11.9. The number of aliphatic carboxylic acids is 1. The number of carboxylic acid groups (broad SMARTS) is 1. The summed E-state index contributed by atoms with van der Waals surface area (Å²) in [6.07, 6.45) is 2.77. The molecule has 2 N–H and O–H groups in total. The summed E-state index contributed by atoms with van der Waals surface area (Å²) in [5.41, 5.74) is 0. The second-order valence-corrected chi connectivity index (χ2v) is 5.28. The van der Waals surface area contributed by atoms with Gasteiger partial charge in [0.25, 0.3) is 0 Å². The molecule has 2 fully saturated rings. The van der Waals surface area contributed by atoms with Gasteiger partial charge in [0.2, 0.25) is 5.91 Å². The van der Waals surface area contributed by atoms with E-state index in [1.165, 1.54) is 0 Å². The minimum absolute atomic E-state index is 0.0842. The fourth-order valence-corrected chi connectivity index (χ4v) is 2.74. The van der Waals surface area contributed by atoms with Gasteiger partial charge in [-0.05, 0) is 25.2 Å². The second-order valence-electron chi connectivity index (χ2n) is 5.28. The quantitative estimate of drug-likeness (QED) is 0.768. The molecule has 0 aromatic heterocycles. The zero-order valence-corrected chi connectivity index (χ0v) is 10.8. The van der Waals surface area contributed by atoms with E-state index >= 15 is 0 Å². The predicted molar refractivity (Wildman–Crippen MR) is 65.5 cm³/mol. The Morgan fingerprint density at radius 2 is 2.16 bits per heavy atom. The molecule has 0 spiro atoms. The molecule has 1 saturated carbocycles. The molecular formula is C13H19NO5. The largest absolute Gasteiger partial charge is 0.480 e. The molecule has 6 heteroatoms. The normalized spacial score (nSPS) is 28.9. The summed E-state index contributed by atoms with van der Waals surface area (Å²) in [5.74, 6) is -1.80. The summed E-state index contributed by atoms with van der Waals surface area (Å²) in [6.45, 7) is 0.888. The first-order valence-corrected chi connectivity index (χ1v) is 6.70. The van der Waals surface area contributed by atoms with Crippen LogP contribution >= 0.6 is 0 Å². The van der Waals surface area contributed by atoms with Gasteiger partial charge in [0, 0.05) is 19.4 Å². The highest BCUT2D eigenvalue weighted by Gasteiger charge is 2.35. The van der Waals surface area contributed by atoms with Gasteiger partial charge in [-0.15, -0.1) is 0 Å². The van der Waals surface area contributed by atoms with E-state index in [0.29, 0.717) is 38.9 Å². The molecule has 0 aromatic rings. The van der Waals surface area contributed by atoms with Crippen LogP contribution < -0.4 is 5.32 Å². The van der Waals surface area contributed by atoms with Crippen LogP contribution in [0.15, 0.2) is 0 Å². The number of amides is 1. The Balaban J connectivity index is 1.97. The van der Waals surface area contributed by atoms with E-state index in [1.807, 2.05) is 0 Å². The van der Waals surface area contributed by atoms with Crippen molar-refractivity contribution in [3.8, 4) is 0 Å². The molecule has 2 rings (SSSR count). The molecule has 0 radical (unpaired) electrons. The molecule has 1 aliphatic carbocycles. The standard InChI is InChI=1S/C13H19NO5/c15-10-3-1-2-8(6-10)11(13(17)18)14-12(16)9-4-5-19-7-9/h8-9,11H,1-7H2,(H,14,16)(H,17,18)/t8-,9-,11+/m1/s1. The molecular weight excluding hydrogens is 250 g/mol. The van der Waals surface area contributed by atoms with Gasteiger partial charge >= 0.3 is 5.97 Å². The third kappa shape index (κ3) is 3.53. The van der Waals surface area contributed by atoms with Gasteiger partial charge < -0.3 is 15.2 Å². The van der Waals surface area contributed by atoms with Gasteiger partial charge in [0.1, 0.15) is 11.8 Å². The van der Waals surface area contributed by atoms with Crippen LogP contribution in [0.1, 0.15) is 32.1 Å². The predicted octanol–water partition coefficient (Wildman–Crippen LogP) is 0.352. The number of ether oxygens (including phenoxy) is 1. The number of ketones is 1. The maximum absolute atomic E-state index is 11.9. The summed E-state index contributed by atoms with van der Waals surface area (Å²) in [4.78, 5) is 34.7. The van der Waals surface area contributed by atoms with E-state index in [-0.39, 0.29) is 29.9 Å². The van der Waals surface area contributed by atoms with Crippen LogP contribution in [0, 0.1) is 11.8 Å². The summed E-state index contributed by atoms with van der Waals surface area (Å²) in [5, 5.41) is 11.8. The third-order valence-corrected chi connectivity index (χ3v) is 3.86. The fraction of sp³-hybridized carbons (Fsp3) is 0.769. The van der Waals surface area contributed by atoms with Crippen LogP contribution in [-0.2, 0) is 19.1 Å². The molecule has 6 nitrogen and oxygen atoms in total. The minimum atomic E-state index is -1.06. The average Bonchev–Trinajstić information content (AvgIpc) is 2.89. The van der Waals surface area contributed by atoms with Crippen molar-refractivity contribution in [2.24, 2.45) is 11.8 Å². The highest BCUT2D eigenvalue weighted by atomic mass is 16.5. The number of Topliss-reactive ketones (excluding diaryl/α,β-unsaturated/α-hetero) is 1. The lowest BCUT2D eigenvalue weighted by Crippen LogP contribution is -2.49. The lowest BCUT2D eigenvalue weighted by Gasteiger charge is -2.28. The number of rotatable bonds is 4. The van der Waals surface area contributed by atoms with Gasteiger partial charge in [-0.2, -0.15) is 0 Å². The number of carbonyl (C=O) groups is 3. The monoisotopic (exact) mass is 269 g/mol. The van der Waals surface area contributed by atoms with Crippen LogP contribution in [0.4, 0.5) is 0 Å². The van der Waals surface area contributed by atoms with Crippen molar-refractivity contribution in [2.45, 2.75) is 38.1 Å². The van der Waals surface area contributed by atoms with Crippen molar-refractivity contribution in [2.75, 3.05) is 13.2 Å². The molecule has 3 atom stereocenters. The molecule has 0 bridgehead atoms. The van der Waals surface area contributed by atoms with Crippen molar-refractivity contribution in [1.29, 1.82) is 0 Å². The van der Waals surface area contributed by atoms with Gasteiger partial charge in [0.15, 0.2) is 0 Å². The third-order valence-electron chi connectivity index (χ3n) is 3.86. The highest BCUT2D eigenvalue weighted by molar-refractivity contribution is 5.86. The van der Waals surface area contributed by atoms with Crippen LogP contribution in [0.5, 0.6) is 0 Å². The van der Waals surface area contributed by atoms with Gasteiger partial charge in [-0.1, -0.05) is 0 Å². The van der Waals surface area contributed by atoms with Crippen molar-refractivity contribution in [3.05, 3.63) is 0 Å². The van der Waals surface area contributed by atoms with E-state index in [0.717, 1.165) is 0 Å². The molecule has 106 valence electrons. The van der Waals surface area contributed by atoms with Crippen LogP contribution in [0.25, 0.3) is 0 Å². The van der Waals surface area contributed by atoms with Crippen LogP contribution in [0.2, 0.25) is 0 Å². The zero-order chi connectivity index (χ0) is 13.8. The van der Waals surface area contributed by atoms with E-state index in [9.17, 15) is 19.5 Å². The smallest absolute Gasteiger partial charge is 0.326 e. The molecule has 1 saturated heterocycles. The van der Waals surface area contributed by atoms with E-state index in [2.05, 4.69) is 5.32 Å². The summed E-state index contributed by atoms with van der Waals surface area (Å²) in [7, 11) is 0. The van der Waals surface area contributed by atoms with Crippen molar-refractivity contribution >= 4 is 17.7 Å². The van der Waals surface area contributed by atoms with E-state index < -0.39 is 12.0 Å². The van der Waals surface area contributed by atoms with E-state index in [4.69, 9.17) is 4.74 Å². The molecule has 1 aliphatic heterocycles. The topological polar surface area (TPSA) is 92.7 Å². The Labute approximate surface area is 111 Å². The molecule has 1 amide bonds. The molecule has 0 unspecified atom stereocenters. The Hall–Kier alpha value is -1.43. The van der Waals surface area contributed by atoms with Crippen molar-refractivity contribution in [1.82, 2.24) is 5.32 Å². The summed E-state index contributed by atoms with van der Waals surface area (Å²) in [6, 6.07) is -0.961. The zero-order valence-electron chi connectivity index (χ0n) is 10.8. The highest BCUT2D eigenvalue weighted by Crippen LogP contribution is 2.25. The van der Waals surface area contributed by atoms with Crippen molar-refractivity contribution < 1.29 is 24.2 Å². The van der Waals surface area contributed by atoms with Gasteiger partial charge in [-0.25, -0.2) is 4.79 Å². The van der Waals surface area contributed by atoms with Crippen LogP contribution in [-0.4, -0.2) is 42.0 Å². The Bertz CT molecular complexity index is 375. The Kier molecular flexibility index (Phi) is 4.52. The Morgan fingerprint density at radius 3 is 2.74 bits per heavy atom. The first-order chi connectivity index (χ1) is 9.08. The number of hydrogen-bond donors (Lipinski definition) is 2. The minimum Gasteiger partial charge on any atom is -0.480 e. The van der Waals surface area contributed by atoms with Crippen molar-refractivity contribution in [3.63, 3.8) is 0 Å². The number of carbonyl (C=O) groups excluding carboxylic acids is 2. The maximum Gasteiger partial charge on any atom is 0.326 e. The first kappa shape index (κ1) is 14.0. The lowest BCUT2D eigenvalue weighted by atomic mass is 9.83. The average molecular weight is 269 g/mol. The lowest BCUT2D eigenvalue weighted by molar-refractivity contribution is -0.145. The Morgan fingerprint density at radius 1 is 1.37 bits per heavy atom. The summed E-state index contributed by atoms with van der Waals surface area (Å²) >= 11 is 0. The molecule has 19 heavy (non-hydrogen) atoms. The number of hydrogen-bond acceptors (Lipinski definition) is 4.